The molecule has 0 bridgehead atoms. The fourth-order valence-electron chi connectivity index (χ4n) is 6.93. The topological polar surface area (TPSA) is 78.9 Å². The third kappa shape index (κ3) is 49.5. The molecule has 0 spiro atoms. The number of rotatable bonds is 46. The summed E-state index contributed by atoms with van der Waals surface area (Å²) < 4.78 is 16.8. The maximum atomic E-state index is 12.8. The molecule has 0 aromatic heterocycles. The molecular weight excluding hydrogens is 781 g/mol. The van der Waals surface area contributed by atoms with Crippen molar-refractivity contribution in [3.63, 3.8) is 0 Å². The van der Waals surface area contributed by atoms with E-state index in [0.717, 1.165) is 128 Å². The first-order valence-electron chi connectivity index (χ1n) is 26.1. The molecule has 63 heavy (non-hydrogen) atoms. The third-order valence-electron chi connectivity index (χ3n) is 10.9. The number of ether oxygens (including phenoxy) is 3. The van der Waals surface area contributed by atoms with E-state index >= 15 is 0 Å². The van der Waals surface area contributed by atoms with E-state index in [1.54, 1.807) is 0 Å². The van der Waals surface area contributed by atoms with E-state index in [2.05, 4.69) is 106 Å². The molecule has 0 amide bonds. The largest absolute Gasteiger partial charge is 0.462 e. The van der Waals surface area contributed by atoms with Gasteiger partial charge in [-0.2, -0.15) is 0 Å². The van der Waals surface area contributed by atoms with Crippen LogP contribution in [0.2, 0.25) is 0 Å². The van der Waals surface area contributed by atoms with E-state index < -0.39 is 6.10 Å². The minimum absolute atomic E-state index is 0.0959. The summed E-state index contributed by atoms with van der Waals surface area (Å²) in [5, 5.41) is 0. The average molecular weight is 877 g/mol. The van der Waals surface area contributed by atoms with Crippen LogP contribution in [0, 0.1) is 0 Å². The molecule has 360 valence electrons. The van der Waals surface area contributed by atoms with Gasteiger partial charge < -0.3 is 14.2 Å². The molecule has 0 heterocycles. The lowest BCUT2D eigenvalue weighted by molar-refractivity contribution is -0.167. The Labute approximate surface area is 388 Å². The van der Waals surface area contributed by atoms with Crippen molar-refractivity contribution in [3.8, 4) is 0 Å². The SMILES string of the molecule is CC/C=C/C/C=C/C/C=C/CCCCCCCC(=O)O[C@@H](COC(=O)CCCCCC/C=C/C/C=C/C/C=C/CCCCC)COC(=O)CCCCCCC/C=C/CCCCCC. The third-order valence-corrected chi connectivity index (χ3v) is 10.9. The van der Waals surface area contributed by atoms with Gasteiger partial charge >= 0.3 is 17.9 Å². The van der Waals surface area contributed by atoms with Gasteiger partial charge in [-0.15, -0.1) is 0 Å². The van der Waals surface area contributed by atoms with Gasteiger partial charge in [-0.05, 0) is 116 Å². The molecule has 0 rings (SSSR count). The number of carbonyl (C=O) groups excluding carboxylic acids is 3. The van der Waals surface area contributed by atoms with Crippen LogP contribution in [0.5, 0.6) is 0 Å². The van der Waals surface area contributed by atoms with Gasteiger partial charge in [0.1, 0.15) is 13.2 Å². The van der Waals surface area contributed by atoms with Crippen LogP contribution in [0.3, 0.4) is 0 Å². The highest BCUT2D eigenvalue weighted by Crippen LogP contribution is 2.13. The van der Waals surface area contributed by atoms with Crippen LogP contribution in [0.25, 0.3) is 0 Å². The van der Waals surface area contributed by atoms with Crippen molar-refractivity contribution in [2.24, 2.45) is 0 Å². The summed E-state index contributed by atoms with van der Waals surface area (Å²) in [6, 6.07) is 0. The van der Waals surface area contributed by atoms with Crippen LogP contribution in [-0.4, -0.2) is 37.2 Å². The first-order chi connectivity index (χ1) is 31.0. The van der Waals surface area contributed by atoms with E-state index in [1.165, 1.54) is 70.6 Å². The van der Waals surface area contributed by atoms with Crippen molar-refractivity contribution in [2.75, 3.05) is 13.2 Å². The lowest BCUT2D eigenvalue weighted by Gasteiger charge is -2.18. The Morgan fingerprint density at radius 1 is 0.333 bits per heavy atom. The number of esters is 3. The molecule has 0 aromatic carbocycles. The molecule has 0 saturated heterocycles. The summed E-state index contributed by atoms with van der Waals surface area (Å²) in [6.07, 6.45) is 65.6. The molecule has 0 aromatic rings. The quantitative estimate of drug-likeness (QED) is 0.0262. The molecule has 0 aliphatic heterocycles. The zero-order valence-corrected chi connectivity index (χ0v) is 41.1. The van der Waals surface area contributed by atoms with Crippen molar-refractivity contribution < 1.29 is 28.6 Å². The van der Waals surface area contributed by atoms with E-state index in [4.69, 9.17) is 14.2 Å². The van der Waals surface area contributed by atoms with Crippen molar-refractivity contribution in [3.05, 3.63) is 85.1 Å². The molecule has 0 N–H and O–H groups in total. The highest BCUT2D eigenvalue weighted by atomic mass is 16.6. The van der Waals surface area contributed by atoms with E-state index in [-0.39, 0.29) is 31.1 Å². The molecule has 0 aliphatic carbocycles. The molecule has 1 atom stereocenters. The Bertz CT molecular complexity index is 1240. The second-order valence-corrected chi connectivity index (χ2v) is 17.0. The zero-order chi connectivity index (χ0) is 45.8. The van der Waals surface area contributed by atoms with Gasteiger partial charge in [-0.3, -0.25) is 14.4 Å². The minimum atomic E-state index is -0.798. The van der Waals surface area contributed by atoms with Gasteiger partial charge in [0.15, 0.2) is 6.10 Å². The second kappa shape index (κ2) is 51.2. The van der Waals surface area contributed by atoms with Gasteiger partial charge in [0.05, 0.1) is 0 Å². The number of unbranched alkanes of at least 4 members (excludes halogenated alkanes) is 21. The molecule has 0 aliphatic rings. The Kier molecular flexibility index (Phi) is 48.5. The predicted octanol–water partition coefficient (Wildman–Crippen LogP) is 17.2. The number of hydrogen-bond donors (Lipinski definition) is 0. The number of allylic oxidation sites excluding steroid dienone is 14. The second-order valence-electron chi connectivity index (χ2n) is 17.0. The Morgan fingerprint density at radius 2 is 0.619 bits per heavy atom. The van der Waals surface area contributed by atoms with Gasteiger partial charge in [0.2, 0.25) is 0 Å². The minimum Gasteiger partial charge on any atom is -0.462 e. The maximum Gasteiger partial charge on any atom is 0.306 e. The summed E-state index contributed by atoms with van der Waals surface area (Å²) >= 11 is 0. The lowest BCUT2D eigenvalue weighted by atomic mass is 10.1. The van der Waals surface area contributed by atoms with E-state index in [9.17, 15) is 14.4 Å². The fourth-order valence-corrected chi connectivity index (χ4v) is 6.93. The molecule has 6 heteroatoms. The summed E-state index contributed by atoms with van der Waals surface area (Å²) in [6.45, 7) is 6.44. The number of carbonyl (C=O) groups is 3. The van der Waals surface area contributed by atoms with Crippen LogP contribution in [0.4, 0.5) is 0 Å². The molecule has 6 nitrogen and oxygen atoms in total. The molecule has 0 saturated carbocycles. The summed E-state index contributed by atoms with van der Waals surface area (Å²) in [5.74, 6) is -0.944. The lowest BCUT2D eigenvalue weighted by Crippen LogP contribution is -2.30. The summed E-state index contributed by atoms with van der Waals surface area (Å²) in [4.78, 5) is 38.0. The van der Waals surface area contributed by atoms with Gasteiger partial charge in [0.25, 0.3) is 0 Å². The van der Waals surface area contributed by atoms with E-state index in [0.29, 0.717) is 19.3 Å². The number of hydrogen-bond acceptors (Lipinski definition) is 6. The average Bonchev–Trinajstić information content (AvgIpc) is 3.28. The van der Waals surface area contributed by atoms with Crippen molar-refractivity contribution in [2.45, 2.75) is 245 Å². The Hall–Kier alpha value is -3.41. The summed E-state index contributed by atoms with van der Waals surface area (Å²) in [7, 11) is 0. The maximum absolute atomic E-state index is 12.8. The van der Waals surface area contributed by atoms with Gasteiger partial charge in [0, 0.05) is 19.3 Å². The predicted molar refractivity (Wildman–Crippen MR) is 270 cm³/mol. The Balaban J connectivity index is 4.47. The van der Waals surface area contributed by atoms with E-state index in [1.807, 2.05) is 0 Å². The van der Waals surface area contributed by atoms with Gasteiger partial charge in [-0.1, -0.05) is 189 Å². The fraction of sp³-hybridized carbons (Fsp3) is 0.702. The first-order valence-corrected chi connectivity index (χ1v) is 26.1. The summed E-state index contributed by atoms with van der Waals surface area (Å²) in [5.41, 5.74) is 0. The highest BCUT2D eigenvalue weighted by Gasteiger charge is 2.19. The normalized spacial score (nSPS) is 12.7. The first kappa shape index (κ1) is 59.6. The molecular formula is C57H96O6. The molecule has 0 radical (unpaired) electrons. The monoisotopic (exact) mass is 877 g/mol. The van der Waals surface area contributed by atoms with Crippen molar-refractivity contribution in [1.29, 1.82) is 0 Å². The standard InChI is InChI=1S/C57H96O6/c1-4-7-10-13-16-19-22-25-27-28-30-32-35-38-41-44-47-50-56(59)62-53-54(52-61-55(58)49-46-43-40-37-34-31-24-21-18-15-12-9-6-3)63-57(60)51-48-45-42-39-36-33-29-26-23-20-17-14-11-8-5-2/h8,11,16-17,19-21,24-27,29-30,32,54H,4-7,9-10,12-15,18,22-23,28,31,33-53H2,1-3H3/b11-8+,19-16+,20-17+,24-21+,27-25+,29-26+,32-30+/t54-/m1/s1. The van der Waals surface area contributed by atoms with Crippen molar-refractivity contribution >= 4 is 17.9 Å². The van der Waals surface area contributed by atoms with Crippen LogP contribution in [0.15, 0.2) is 85.1 Å². The van der Waals surface area contributed by atoms with Crippen LogP contribution in [-0.2, 0) is 28.6 Å². The molecule has 0 unspecified atom stereocenters. The van der Waals surface area contributed by atoms with Crippen LogP contribution >= 0.6 is 0 Å². The molecule has 0 fully saturated rings. The smallest absolute Gasteiger partial charge is 0.306 e. The van der Waals surface area contributed by atoms with Gasteiger partial charge in [-0.25, -0.2) is 0 Å². The Morgan fingerprint density at radius 3 is 1.02 bits per heavy atom. The van der Waals surface area contributed by atoms with Crippen LogP contribution in [0.1, 0.15) is 239 Å². The highest BCUT2D eigenvalue weighted by molar-refractivity contribution is 5.71. The zero-order valence-electron chi connectivity index (χ0n) is 41.1. The van der Waals surface area contributed by atoms with Crippen LogP contribution < -0.4 is 0 Å². The van der Waals surface area contributed by atoms with Crippen molar-refractivity contribution in [1.82, 2.24) is 0 Å².